The Balaban J connectivity index is 2.10. The molecule has 0 radical (unpaired) electrons. The molecule has 17 heavy (non-hydrogen) atoms. The first kappa shape index (κ1) is 12.6. The highest BCUT2D eigenvalue weighted by molar-refractivity contribution is 9.10. The molecule has 0 bridgehead atoms. The van der Waals surface area contributed by atoms with Crippen LogP contribution in [0.25, 0.3) is 0 Å². The van der Waals surface area contributed by atoms with Crippen molar-refractivity contribution in [2.75, 3.05) is 23.4 Å². The molecule has 1 aliphatic rings. The third-order valence-corrected chi connectivity index (χ3v) is 4.50. The number of rotatable bonds is 4. The van der Waals surface area contributed by atoms with Crippen LogP contribution in [0.3, 0.4) is 0 Å². The zero-order valence-electron chi connectivity index (χ0n) is 9.06. The van der Waals surface area contributed by atoms with Crippen molar-refractivity contribution < 1.29 is 4.92 Å². The number of nitrogens with zero attached hydrogens (tertiary/aromatic N) is 2. The Morgan fingerprint density at radius 3 is 3.12 bits per heavy atom. The van der Waals surface area contributed by atoms with E-state index < -0.39 is 4.92 Å². The molecule has 2 heterocycles. The van der Waals surface area contributed by atoms with E-state index in [4.69, 9.17) is 0 Å². The molecule has 5 nitrogen and oxygen atoms in total. The van der Waals surface area contributed by atoms with Gasteiger partial charge in [0.25, 0.3) is 0 Å². The summed E-state index contributed by atoms with van der Waals surface area (Å²) in [5.41, 5.74) is 0.548. The Morgan fingerprint density at radius 2 is 2.47 bits per heavy atom. The highest BCUT2D eigenvalue weighted by atomic mass is 79.9. The number of aromatic nitrogens is 1. The first-order valence-electron chi connectivity index (χ1n) is 5.28. The number of pyridine rings is 1. The fourth-order valence-corrected chi connectivity index (χ4v) is 3.47. The highest BCUT2D eigenvalue weighted by Gasteiger charge is 2.20. The number of hydrogen-bond donors (Lipinski definition) is 1. The van der Waals surface area contributed by atoms with E-state index in [1.54, 1.807) is 6.20 Å². The van der Waals surface area contributed by atoms with Gasteiger partial charge < -0.3 is 5.32 Å². The maximum Gasteiger partial charge on any atom is 0.311 e. The Hall–Kier alpha value is -0.820. The molecule has 1 N–H and O–H groups in total. The zero-order chi connectivity index (χ0) is 12.3. The molecule has 7 heteroatoms. The topological polar surface area (TPSA) is 68.1 Å². The van der Waals surface area contributed by atoms with Gasteiger partial charge in [-0.3, -0.25) is 15.1 Å². The van der Waals surface area contributed by atoms with E-state index in [-0.39, 0.29) is 5.69 Å². The van der Waals surface area contributed by atoms with Gasteiger partial charge in [0.1, 0.15) is 11.9 Å². The van der Waals surface area contributed by atoms with E-state index in [1.165, 1.54) is 18.4 Å². The highest BCUT2D eigenvalue weighted by Crippen LogP contribution is 2.32. The smallest absolute Gasteiger partial charge is 0.311 e. The molecule has 1 atom stereocenters. The summed E-state index contributed by atoms with van der Waals surface area (Å²) < 4.78 is 0.636. The van der Waals surface area contributed by atoms with E-state index in [1.807, 2.05) is 11.8 Å². The number of halogens is 1. The molecule has 1 aliphatic heterocycles. The van der Waals surface area contributed by atoms with Gasteiger partial charge in [0.2, 0.25) is 0 Å². The van der Waals surface area contributed by atoms with Gasteiger partial charge in [0.05, 0.1) is 9.40 Å². The summed E-state index contributed by atoms with van der Waals surface area (Å²) in [5.74, 6) is 2.91. The minimum atomic E-state index is -0.413. The van der Waals surface area contributed by atoms with Crippen LogP contribution >= 0.6 is 27.7 Å². The first-order chi connectivity index (χ1) is 8.18. The third kappa shape index (κ3) is 3.10. The summed E-state index contributed by atoms with van der Waals surface area (Å²) in [6.45, 7) is 0.774. The predicted molar refractivity (Wildman–Crippen MR) is 72.5 cm³/mol. The largest absolute Gasteiger partial charge is 0.378 e. The Morgan fingerprint density at radius 1 is 1.65 bits per heavy atom. The standard InChI is InChI=1S/C10H12BrN3O2S/c11-8-4-12-5-9(14(15)16)10(8)13-3-7-1-2-17-6-7/h4-5,7H,1-3,6H2,(H,12,13). The summed E-state index contributed by atoms with van der Waals surface area (Å²) in [6.07, 6.45) is 4.02. The monoisotopic (exact) mass is 317 g/mol. The molecule has 1 aromatic rings. The average Bonchev–Trinajstić information content (AvgIpc) is 2.80. The van der Waals surface area contributed by atoms with Gasteiger partial charge >= 0.3 is 5.69 Å². The van der Waals surface area contributed by atoms with Gasteiger partial charge in [-0.25, -0.2) is 0 Å². The van der Waals surface area contributed by atoms with Crippen molar-refractivity contribution in [2.24, 2.45) is 5.92 Å². The van der Waals surface area contributed by atoms with Crippen molar-refractivity contribution in [3.8, 4) is 0 Å². The van der Waals surface area contributed by atoms with Crippen LogP contribution < -0.4 is 5.32 Å². The Bertz CT molecular complexity index is 424. The molecule has 1 aromatic heterocycles. The molecule has 1 saturated heterocycles. The molecule has 1 unspecified atom stereocenters. The number of nitro groups is 1. The fraction of sp³-hybridized carbons (Fsp3) is 0.500. The minimum Gasteiger partial charge on any atom is -0.378 e. The van der Waals surface area contributed by atoms with Crippen LogP contribution in [0.5, 0.6) is 0 Å². The average molecular weight is 318 g/mol. The molecule has 0 spiro atoms. The number of thioether (sulfide) groups is 1. The number of anilines is 1. The van der Waals surface area contributed by atoms with Gasteiger partial charge in [-0.15, -0.1) is 0 Å². The lowest BCUT2D eigenvalue weighted by Gasteiger charge is -2.12. The van der Waals surface area contributed by atoms with Gasteiger partial charge in [0, 0.05) is 12.7 Å². The van der Waals surface area contributed by atoms with E-state index in [0.717, 1.165) is 12.3 Å². The first-order valence-corrected chi connectivity index (χ1v) is 7.22. The maximum absolute atomic E-state index is 10.9. The SMILES string of the molecule is O=[N+]([O-])c1cncc(Br)c1NCC1CCSC1. The summed E-state index contributed by atoms with van der Waals surface area (Å²) in [7, 11) is 0. The number of hydrogen-bond acceptors (Lipinski definition) is 5. The van der Waals surface area contributed by atoms with Gasteiger partial charge in [-0.2, -0.15) is 11.8 Å². The van der Waals surface area contributed by atoms with Crippen molar-refractivity contribution >= 4 is 39.1 Å². The lowest BCUT2D eigenvalue weighted by molar-refractivity contribution is -0.384. The third-order valence-electron chi connectivity index (χ3n) is 2.67. The van der Waals surface area contributed by atoms with E-state index >= 15 is 0 Å². The molecule has 1 fully saturated rings. The van der Waals surface area contributed by atoms with Crippen molar-refractivity contribution in [1.29, 1.82) is 0 Å². The summed E-state index contributed by atoms with van der Waals surface area (Å²) in [5, 5.41) is 14.0. The van der Waals surface area contributed by atoms with Crippen molar-refractivity contribution in [3.63, 3.8) is 0 Å². The van der Waals surface area contributed by atoms with Crippen molar-refractivity contribution in [3.05, 3.63) is 27.0 Å². The number of nitrogens with one attached hydrogen (secondary N) is 1. The van der Waals surface area contributed by atoms with Crippen molar-refractivity contribution in [1.82, 2.24) is 4.98 Å². The lowest BCUT2D eigenvalue weighted by atomic mass is 10.1. The van der Waals surface area contributed by atoms with Gasteiger partial charge in [0.15, 0.2) is 0 Å². The second-order valence-electron chi connectivity index (χ2n) is 3.88. The van der Waals surface area contributed by atoms with Gasteiger partial charge in [-0.1, -0.05) is 0 Å². The van der Waals surface area contributed by atoms with Crippen LogP contribution in [0.2, 0.25) is 0 Å². The fourth-order valence-electron chi connectivity index (χ4n) is 1.73. The van der Waals surface area contributed by atoms with Crippen LogP contribution in [0.1, 0.15) is 6.42 Å². The summed E-state index contributed by atoms with van der Waals surface area (Å²) in [4.78, 5) is 14.3. The maximum atomic E-state index is 10.9. The molecule has 0 aromatic carbocycles. The minimum absolute atomic E-state index is 0.0185. The quantitative estimate of drug-likeness (QED) is 0.683. The summed E-state index contributed by atoms with van der Waals surface area (Å²) >= 11 is 5.22. The summed E-state index contributed by atoms with van der Waals surface area (Å²) in [6, 6.07) is 0. The van der Waals surface area contributed by atoms with Crippen molar-refractivity contribution in [2.45, 2.75) is 6.42 Å². The molecule has 0 amide bonds. The normalized spacial score (nSPS) is 19.2. The molecule has 0 saturated carbocycles. The molecule has 92 valence electrons. The van der Waals surface area contributed by atoms with Crippen LogP contribution in [0.15, 0.2) is 16.9 Å². The second-order valence-corrected chi connectivity index (χ2v) is 5.89. The van der Waals surface area contributed by atoms with E-state index in [2.05, 4.69) is 26.2 Å². The van der Waals surface area contributed by atoms with Crippen LogP contribution in [0, 0.1) is 16.0 Å². The van der Waals surface area contributed by atoms with E-state index in [9.17, 15) is 10.1 Å². The molecular formula is C10H12BrN3O2S. The zero-order valence-corrected chi connectivity index (χ0v) is 11.5. The Kier molecular flexibility index (Phi) is 4.22. The van der Waals surface area contributed by atoms with Crippen LogP contribution in [-0.4, -0.2) is 28.0 Å². The Labute approximate surface area is 112 Å². The second kappa shape index (κ2) is 5.68. The lowest BCUT2D eigenvalue weighted by Crippen LogP contribution is -2.14. The van der Waals surface area contributed by atoms with Crippen LogP contribution in [0.4, 0.5) is 11.4 Å². The molecule has 2 rings (SSSR count). The molecular weight excluding hydrogens is 306 g/mol. The van der Waals surface area contributed by atoms with Gasteiger partial charge in [-0.05, 0) is 39.8 Å². The van der Waals surface area contributed by atoms with Crippen LogP contribution in [-0.2, 0) is 0 Å². The molecule has 0 aliphatic carbocycles. The predicted octanol–water partition coefficient (Wildman–Crippen LogP) is 2.92. The van der Waals surface area contributed by atoms with E-state index in [0.29, 0.717) is 16.1 Å².